The molecule has 0 unspecified atom stereocenters. The number of carboxylic acids is 1. The number of nitrogens with zero attached hydrogens (tertiary/aromatic N) is 5. The van der Waals surface area contributed by atoms with Crippen molar-refractivity contribution in [3.63, 3.8) is 0 Å². The van der Waals surface area contributed by atoms with Crippen LogP contribution in [0.15, 0.2) is 61.1 Å². The van der Waals surface area contributed by atoms with E-state index in [0.29, 0.717) is 24.8 Å². The number of carbonyl (C=O) groups is 2. The SMILES string of the molecule is CCN(C[C@H](NC(=O)OCc1ccccc1)C(=O)O)c1cc(N2CCC(c3ncccc3CN)CC2)ncn1. The number of aliphatic carboxylic acids is 1. The molecule has 1 aromatic carbocycles. The van der Waals surface area contributed by atoms with Gasteiger partial charge in [0, 0.05) is 50.1 Å². The fourth-order valence-electron chi connectivity index (χ4n) is 4.75. The zero-order chi connectivity index (χ0) is 27.6. The summed E-state index contributed by atoms with van der Waals surface area (Å²) in [6.07, 6.45) is 4.37. The summed E-state index contributed by atoms with van der Waals surface area (Å²) in [5, 5.41) is 12.2. The van der Waals surface area contributed by atoms with E-state index >= 15 is 0 Å². The number of likely N-dealkylation sites (N-methyl/N-ethyl adjacent to an activating group) is 1. The number of benzene rings is 1. The minimum Gasteiger partial charge on any atom is -0.480 e. The lowest BCUT2D eigenvalue weighted by Gasteiger charge is -2.33. The van der Waals surface area contributed by atoms with Crippen LogP contribution in [0.1, 0.15) is 42.5 Å². The van der Waals surface area contributed by atoms with Crippen molar-refractivity contribution in [2.75, 3.05) is 36.0 Å². The number of hydrogen-bond acceptors (Lipinski definition) is 9. The molecule has 1 aliphatic rings. The van der Waals surface area contributed by atoms with Gasteiger partial charge in [0.25, 0.3) is 0 Å². The van der Waals surface area contributed by atoms with E-state index in [1.807, 2.05) is 61.7 Å². The molecule has 1 amide bonds. The normalized spacial score (nSPS) is 14.5. The van der Waals surface area contributed by atoms with E-state index in [4.69, 9.17) is 10.5 Å². The highest BCUT2D eigenvalue weighted by atomic mass is 16.5. The molecule has 4 N–H and O–H groups in total. The third kappa shape index (κ3) is 7.41. The largest absolute Gasteiger partial charge is 0.480 e. The minimum absolute atomic E-state index is 0.0202. The lowest BCUT2D eigenvalue weighted by molar-refractivity contribution is -0.139. The molecule has 206 valence electrons. The van der Waals surface area contributed by atoms with Crippen LogP contribution in [0.25, 0.3) is 0 Å². The lowest BCUT2D eigenvalue weighted by atomic mass is 9.90. The predicted molar refractivity (Wildman–Crippen MR) is 147 cm³/mol. The zero-order valence-corrected chi connectivity index (χ0v) is 22.1. The molecule has 0 aliphatic carbocycles. The smallest absolute Gasteiger partial charge is 0.408 e. The van der Waals surface area contributed by atoms with Crippen molar-refractivity contribution < 1.29 is 19.4 Å². The Morgan fingerprint density at radius 3 is 2.62 bits per heavy atom. The second-order valence-electron chi connectivity index (χ2n) is 9.38. The van der Waals surface area contributed by atoms with E-state index in [2.05, 4.69) is 25.2 Å². The average molecular weight is 534 g/mol. The van der Waals surface area contributed by atoms with Crippen LogP contribution in [0.2, 0.25) is 0 Å². The summed E-state index contributed by atoms with van der Waals surface area (Å²) in [5.41, 5.74) is 8.89. The number of anilines is 2. The van der Waals surface area contributed by atoms with Gasteiger partial charge in [-0.05, 0) is 37.0 Å². The first kappa shape index (κ1) is 27.8. The first-order valence-electron chi connectivity index (χ1n) is 13.1. The molecule has 1 saturated heterocycles. The highest BCUT2D eigenvalue weighted by Crippen LogP contribution is 2.31. The summed E-state index contributed by atoms with van der Waals surface area (Å²) in [4.78, 5) is 41.7. The Kier molecular flexibility index (Phi) is 9.63. The molecule has 3 heterocycles. The lowest BCUT2D eigenvalue weighted by Crippen LogP contribution is -2.49. The Morgan fingerprint density at radius 1 is 1.15 bits per heavy atom. The molecule has 0 radical (unpaired) electrons. The maximum absolute atomic E-state index is 12.3. The Labute approximate surface area is 228 Å². The summed E-state index contributed by atoms with van der Waals surface area (Å²) in [6.45, 7) is 4.55. The van der Waals surface area contributed by atoms with Gasteiger partial charge in [0.1, 0.15) is 30.6 Å². The van der Waals surface area contributed by atoms with E-state index in [9.17, 15) is 14.7 Å². The highest BCUT2D eigenvalue weighted by molar-refractivity contribution is 5.80. The molecule has 0 bridgehead atoms. The van der Waals surface area contributed by atoms with E-state index in [1.165, 1.54) is 6.33 Å². The van der Waals surface area contributed by atoms with Gasteiger partial charge in [0.2, 0.25) is 0 Å². The van der Waals surface area contributed by atoms with Crippen LogP contribution in [-0.2, 0) is 22.7 Å². The number of pyridine rings is 1. The highest BCUT2D eigenvalue weighted by Gasteiger charge is 2.26. The van der Waals surface area contributed by atoms with Crippen molar-refractivity contribution in [2.45, 2.75) is 44.9 Å². The van der Waals surface area contributed by atoms with Gasteiger partial charge in [-0.3, -0.25) is 4.98 Å². The van der Waals surface area contributed by atoms with E-state index < -0.39 is 18.1 Å². The van der Waals surface area contributed by atoms with Gasteiger partial charge in [-0.2, -0.15) is 0 Å². The Morgan fingerprint density at radius 2 is 1.92 bits per heavy atom. The number of carboxylic acid groups (broad SMARTS) is 1. The number of rotatable bonds is 11. The first-order valence-corrected chi connectivity index (χ1v) is 13.1. The third-order valence-corrected chi connectivity index (χ3v) is 6.90. The van der Waals surface area contributed by atoms with Crippen LogP contribution in [0.3, 0.4) is 0 Å². The van der Waals surface area contributed by atoms with Crippen molar-refractivity contribution in [2.24, 2.45) is 5.73 Å². The van der Waals surface area contributed by atoms with Crippen molar-refractivity contribution in [1.29, 1.82) is 0 Å². The average Bonchev–Trinajstić information content (AvgIpc) is 2.98. The summed E-state index contributed by atoms with van der Waals surface area (Å²) in [5.74, 6) is 0.552. The topological polar surface area (TPSA) is 147 Å². The van der Waals surface area contributed by atoms with Crippen LogP contribution in [0.5, 0.6) is 0 Å². The van der Waals surface area contributed by atoms with Crippen LogP contribution in [0, 0.1) is 0 Å². The quantitative estimate of drug-likeness (QED) is 0.336. The molecular weight excluding hydrogens is 498 g/mol. The Bertz CT molecular complexity index is 1240. The van der Waals surface area contributed by atoms with Crippen molar-refractivity contribution in [3.8, 4) is 0 Å². The van der Waals surface area contributed by atoms with Gasteiger partial charge < -0.3 is 30.7 Å². The van der Waals surface area contributed by atoms with Crippen LogP contribution < -0.4 is 20.9 Å². The zero-order valence-electron chi connectivity index (χ0n) is 22.1. The molecule has 39 heavy (non-hydrogen) atoms. The van der Waals surface area contributed by atoms with Crippen LogP contribution in [-0.4, -0.2) is 64.3 Å². The van der Waals surface area contributed by atoms with Gasteiger partial charge in [0.05, 0.1) is 6.54 Å². The molecule has 3 aromatic rings. The molecule has 1 atom stereocenters. The monoisotopic (exact) mass is 533 g/mol. The molecule has 1 aliphatic heterocycles. The summed E-state index contributed by atoms with van der Waals surface area (Å²) in [6, 6.07) is 13.8. The van der Waals surface area contributed by atoms with Gasteiger partial charge in [0.15, 0.2) is 0 Å². The van der Waals surface area contributed by atoms with E-state index in [0.717, 1.165) is 48.6 Å². The van der Waals surface area contributed by atoms with Gasteiger partial charge >= 0.3 is 12.1 Å². The van der Waals surface area contributed by atoms with Gasteiger partial charge in [-0.15, -0.1) is 0 Å². The minimum atomic E-state index is -1.18. The number of carbonyl (C=O) groups excluding carboxylic acids is 1. The number of alkyl carbamates (subject to hydrolysis) is 1. The number of ether oxygens (including phenoxy) is 1. The standard InChI is InChI=1S/C28H35N7O4/c1-2-34(17-23(27(36)37)33-28(38)39-18-20-7-4-3-5-8-20)24-15-25(32-19-31-24)35-13-10-21(11-14-35)26-22(16-29)9-6-12-30-26/h3-9,12,15,19,21,23H,2,10-11,13-14,16-18,29H2,1H3,(H,33,38)(H,36,37)/t23-/m0/s1. The molecule has 11 nitrogen and oxygen atoms in total. The maximum Gasteiger partial charge on any atom is 0.408 e. The fraction of sp³-hybridized carbons (Fsp3) is 0.393. The number of nitrogens with two attached hydrogens (primary N) is 1. The van der Waals surface area contributed by atoms with E-state index in [1.54, 1.807) is 4.90 Å². The fourth-order valence-corrected chi connectivity index (χ4v) is 4.75. The molecule has 0 spiro atoms. The van der Waals surface area contributed by atoms with Crippen molar-refractivity contribution in [1.82, 2.24) is 20.3 Å². The van der Waals surface area contributed by atoms with Crippen molar-refractivity contribution >= 4 is 23.7 Å². The maximum atomic E-state index is 12.3. The van der Waals surface area contributed by atoms with Gasteiger partial charge in [-0.1, -0.05) is 36.4 Å². The third-order valence-electron chi connectivity index (χ3n) is 6.90. The predicted octanol–water partition coefficient (Wildman–Crippen LogP) is 2.92. The Balaban J connectivity index is 1.37. The number of nitrogens with one attached hydrogen (secondary N) is 1. The van der Waals surface area contributed by atoms with Crippen LogP contribution >= 0.6 is 0 Å². The second-order valence-corrected chi connectivity index (χ2v) is 9.38. The summed E-state index contributed by atoms with van der Waals surface area (Å²) in [7, 11) is 0. The second kappa shape index (κ2) is 13.5. The summed E-state index contributed by atoms with van der Waals surface area (Å²) >= 11 is 0. The molecule has 11 heteroatoms. The molecule has 1 fully saturated rings. The van der Waals surface area contributed by atoms with E-state index in [-0.39, 0.29) is 13.2 Å². The number of aromatic nitrogens is 3. The number of piperidine rings is 1. The number of hydrogen-bond donors (Lipinski definition) is 3. The first-order chi connectivity index (χ1) is 19.0. The molecular formula is C28H35N7O4. The molecule has 2 aromatic heterocycles. The van der Waals surface area contributed by atoms with Crippen LogP contribution in [0.4, 0.5) is 16.4 Å². The Hall–Kier alpha value is -4.25. The number of amides is 1. The van der Waals surface area contributed by atoms with Gasteiger partial charge in [-0.25, -0.2) is 19.6 Å². The van der Waals surface area contributed by atoms with Crippen molar-refractivity contribution in [3.05, 3.63) is 77.9 Å². The summed E-state index contributed by atoms with van der Waals surface area (Å²) < 4.78 is 5.21. The molecule has 4 rings (SSSR count). The molecule has 0 saturated carbocycles.